The van der Waals surface area contributed by atoms with Gasteiger partial charge in [0.05, 0.1) is 7.11 Å². The first-order valence-corrected chi connectivity index (χ1v) is 9.09. The molecule has 1 aromatic heterocycles. The van der Waals surface area contributed by atoms with Crippen LogP contribution in [0.15, 0.2) is 47.3 Å². The van der Waals surface area contributed by atoms with E-state index >= 15 is 0 Å². The fraction of sp³-hybridized carbons (Fsp3) is 0.333. The standard InChI is InChI=1S/C21H22N2O4/c1-27-19-7-5-14(10-18(19)24)6-8-20(25)22-11-15-9-16(13-22)17-3-2-4-21(26)23(17)12-15/h2-8,10,15-16,24H,9,11-13H2,1H3. The van der Waals surface area contributed by atoms with Crippen LogP contribution in [0.5, 0.6) is 11.5 Å². The monoisotopic (exact) mass is 366 g/mol. The third-order valence-corrected chi connectivity index (χ3v) is 5.41. The number of carbonyl (C=O) groups is 1. The molecule has 140 valence electrons. The Morgan fingerprint density at radius 2 is 2.07 bits per heavy atom. The molecule has 6 nitrogen and oxygen atoms in total. The Balaban J connectivity index is 1.49. The average Bonchev–Trinajstić information content (AvgIpc) is 2.67. The quantitative estimate of drug-likeness (QED) is 0.846. The van der Waals surface area contributed by atoms with E-state index in [4.69, 9.17) is 4.74 Å². The van der Waals surface area contributed by atoms with E-state index in [1.54, 1.807) is 42.5 Å². The van der Waals surface area contributed by atoms with E-state index in [2.05, 4.69) is 0 Å². The summed E-state index contributed by atoms with van der Waals surface area (Å²) < 4.78 is 6.88. The zero-order valence-electron chi connectivity index (χ0n) is 15.2. The van der Waals surface area contributed by atoms with Crippen molar-refractivity contribution in [1.29, 1.82) is 0 Å². The van der Waals surface area contributed by atoms with Gasteiger partial charge in [0.2, 0.25) is 5.91 Å². The molecule has 2 bridgehead atoms. The number of aromatic nitrogens is 1. The summed E-state index contributed by atoms with van der Waals surface area (Å²) >= 11 is 0. The van der Waals surface area contributed by atoms with Crippen LogP contribution >= 0.6 is 0 Å². The van der Waals surface area contributed by atoms with Crippen molar-refractivity contribution in [3.8, 4) is 11.5 Å². The van der Waals surface area contributed by atoms with Gasteiger partial charge in [0, 0.05) is 43.4 Å². The van der Waals surface area contributed by atoms with E-state index in [1.807, 2.05) is 15.5 Å². The van der Waals surface area contributed by atoms with Crippen molar-refractivity contribution in [2.24, 2.45) is 5.92 Å². The fourth-order valence-electron chi connectivity index (χ4n) is 4.16. The molecule has 1 N–H and O–H groups in total. The molecule has 1 fully saturated rings. The number of hydrogen-bond donors (Lipinski definition) is 1. The van der Waals surface area contributed by atoms with Crippen molar-refractivity contribution in [1.82, 2.24) is 9.47 Å². The van der Waals surface area contributed by atoms with Gasteiger partial charge >= 0.3 is 0 Å². The molecule has 2 aromatic rings. The van der Waals surface area contributed by atoms with E-state index in [0.717, 1.165) is 17.7 Å². The molecule has 27 heavy (non-hydrogen) atoms. The maximum atomic E-state index is 12.7. The van der Waals surface area contributed by atoms with Crippen LogP contribution < -0.4 is 10.3 Å². The maximum Gasteiger partial charge on any atom is 0.250 e. The minimum absolute atomic E-state index is 0.0428. The highest BCUT2D eigenvalue weighted by molar-refractivity contribution is 5.92. The number of fused-ring (bicyclic) bond motifs is 4. The number of rotatable bonds is 3. The summed E-state index contributed by atoms with van der Waals surface area (Å²) in [6.07, 6.45) is 4.26. The molecule has 6 heteroatoms. The van der Waals surface area contributed by atoms with Crippen molar-refractivity contribution in [2.75, 3.05) is 20.2 Å². The molecule has 2 unspecified atom stereocenters. The van der Waals surface area contributed by atoms with E-state index in [1.165, 1.54) is 7.11 Å². The number of amides is 1. The van der Waals surface area contributed by atoms with Crippen LogP contribution in [-0.2, 0) is 11.3 Å². The van der Waals surface area contributed by atoms with Crippen LogP contribution in [0.1, 0.15) is 23.6 Å². The van der Waals surface area contributed by atoms with Gasteiger partial charge in [0.1, 0.15) is 0 Å². The number of ether oxygens (including phenoxy) is 1. The van der Waals surface area contributed by atoms with Crippen LogP contribution in [0.4, 0.5) is 0 Å². The van der Waals surface area contributed by atoms with E-state index in [-0.39, 0.29) is 23.1 Å². The minimum Gasteiger partial charge on any atom is -0.504 e. The highest BCUT2D eigenvalue weighted by atomic mass is 16.5. The molecule has 2 aliphatic rings. The molecule has 0 saturated carbocycles. The number of benzene rings is 1. The second-order valence-corrected chi connectivity index (χ2v) is 7.21. The summed E-state index contributed by atoms with van der Waals surface area (Å²) in [6.45, 7) is 1.96. The summed E-state index contributed by atoms with van der Waals surface area (Å²) in [4.78, 5) is 26.6. The number of nitrogens with zero attached hydrogens (tertiary/aromatic N) is 2. The lowest BCUT2D eigenvalue weighted by molar-refractivity contribution is -0.128. The highest BCUT2D eigenvalue weighted by Gasteiger charge is 2.35. The lowest BCUT2D eigenvalue weighted by Gasteiger charge is -2.42. The third-order valence-electron chi connectivity index (χ3n) is 5.41. The number of carbonyl (C=O) groups excluding carboxylic acids is 1. The number of phenols is 1. The SMILES string of the molecule is COc1ccc(C=CC(=O)N2CC3CC(C2)c2cccc(=O)n2C3)cc1O. The Kier molecular flexibility index (Phi) is 4.48. The maximum absolute atomic E-state index is 12.7. The van der Waals surface area contributed by atoms with Gasteiger partial charge in [-0.3, -0.25) is 9.59 Å². The molecule has 2 aliphatic heterocycles. The zero-order valence-corrected chi connectivity index (χ0v) is 15.2. The third kappa shape index (κ3) is 3.35. The predicted octanol–water partition coefficient (Wildman–Crippen LogP) is 2.22. The molecule has 0 aliphatic carbocycles. The number of aromatic hydroxyl groups is 1. The first kappa shape index (κ1) is 17.4. The number of likely N-dealkylation sites (tertiary alicyclic amines) is 1. The zero-order chi connectivity index (χ0) is 19.0. The van der Waals surface area contributed by atoms with Crippen molar-refractivity contribution < 1.29 is 14.6 Å². The van der Waals surface area contributed by atoms with Crippen molar-refractivity contribution in [2.45, 2.75) is 18.9 Å². The highest BCUT2D eigenvalue weighted by Crippen LogP contribution is 2.35. The smallest absolute Gasteiger partial charge is 0.250 e. The normalized spacial score (nSPS) is 21.1. The van der Waals surface area contributed by atoms with Crippen molar-refractivity contribution in [3.05, 3.63) is 64.1 Å². The van der Waals surface area contributed by atoms with Crippen molar-refractivity contribution in [3.63, 3.8) is 0 Å². The van der Waals surface area contributed by atoms with Crippen LogP contribution in [-0.4, -0.2) is 40.7 Å². The van der Waals surface area contributed by atoms with Gasteiger partial charge < -0.3 is 19.3 Å². The van der Waals surface area contributed by atoms with Crippen LogP contribution in [0.2, 0.25) is 0 Å². The Labute approximate surface area is 157 Å². The van der Waals surface area contributed by atoms with Gasteiger partial charge in [0.15, 0.2) is 11.5 Å². The van der Waals surface area contributed by atoms with Crippen LogP contribution in [0.3, 0.4) is 0 Å². The number of methoxy groups -OCH3 is 1. The van der Waals surface area contributed by atoms with E-state index in [9.17, 15) is 14.7 Å². The number of pyridine rings is 1. The van der Waals surface area contributed by atoms with Gasteiger partial charge in [-0.25, -0.2) is 0 Å². The average molecular weight is 366 g/mol. The Hall–Kier alpha value is -3.02. The van der Waals surface area contributed by atoms with Gasteiger partial charge in [0.25, 0.3) is 5.56 Å². The Morgan fingerprint density at radius 1 is 1.22 bits per heavy atom. The number of phenolic OH excluding ortho intramolecular Hbond substituents is 1. The minimum atomic E-state index is -0.0493. The topological polar surface area (TPSA) is 71.8 Å². The molecule has 0 radical (unpaired) electrons. The number of hydrogen-bond acceptors (Lipinski definition) is 4. The van der Waals surface area contributed by atoms with Crippen LogP contribution in [0.25, 0.3) is 6.08 Å². The fourth-order valence-corrected chi connectivity index (χ4v) is 4.16. The Morgan fingerprint density at radius 3 is 2.85 bits per heavy atom. The molecule has 3 heterocycles. The lowest BCUT2D eigenvalue weighted by atomic mass is 9.83. The predicted molar refractivity (Wildman–Crippen MR) is 102 cm³/mol. The van der Waals surface area contributed by atoms with E-state index < -0.39 is 0 Å². The summed E-state index contributed by atoms with van der Waals surface area (Å²) in [5.41, 5.74) is 1.80. The van der Waals surface area contributed by atoms with Gasteiger partial charge in [-0.05, 0) is 42.2 Å². The first-order chi connectivity index (χ1) is 13.0. The van der Waals surface area contributed by atoms with Gasteiger partial charge in [-0.1, -0.05) is 12.1 Å². The molecule has 0 spiro atoms. The van der Waals surface area contributed by atoms with E-state index in [0.29, 0.717) is 31.3 Å². The van der Waals surface area contributed by atoms with Crippen LogP contribution in [0, 0.1) is 5.92 Å². The second kappa shape index (κ2) is 6.95. The molecule has 2 atom stereocenters. The molecule has 1 aromatic carbocycles. The lowest BCUT2D eigenvalue weighted by Crippen LogP contribution is -2.48. The second-order valence-electron chi connectivity index (χ2n) is 7.21. The molecular formula is C21H22N2O4. The van der Waals surface area contributed by atoms with Gasteiger partial charge in [-0.2, -0.15) is 0 Å². The largest absolute Gasteiger partial charge is 0.504 e. The summed E-state index contributed by atoms with van der Waals surface area (Å²) in [6, 6.07) is 10.4. The Bertz CT molecular complexity index is 963. The summed E-state index contributed by atoms with van der Waals surface area (Å²) in [5, 5.41) is 9.85. The summed E-state index contributed by atoms with van der Waals surface area (Å²) in [7, 11) is 1.49. The molecule has 1 amide bonds. The molecule has 4 rings (SSSR count). The first-order valence-electron chi connectivity index (χ1n) is 9.09. The number of piperidine rings is 1. The molecule has 1 saturated heterocycles. The molecular weight excluding hydrogens is 344 g/mol. The van der Waals surface area contributed by atoms with Crippen molar-refractivity contribution >= 4 is 12.0 Å². The summed E-state index contributed by atoms with van der Waals surface area (Å²) in [5.74, 6) is 0.900. The van der Waals surface area contributed by atoms with Gasteiger partial charge in [-0.15, -0.1) is 0 Å².